The first-order chi connectivity index (χ1) is 15.2. The van der Waals surface area contributed by atoms with Crippen molar-refractivity contribution < 1.29 is 37.3 Å². The number of aliphatic carboxylic acids is 1. The molecule has 3 aromatic rings. The first kappa shape index (κ1) is 22.7. The van der Waals surface area contributed by atoms with Crippen molar-refractivity contribution in [2.45, 2.75) is 12.9 Å². The average molecular weight is 448 g/mol. The summed E-state index contributed by atoms with van der Waals surface area (Å²) in [6.45, 7) is -0.257. The lowest BCUT2D eigenvalue weighted by molar-refractivity contribution is -0.274. The number of pyridine rings is 1. The summed E-state index contributed by atoms with van der Waals surface area (Å²) in [6.07, 6.45) is -3.14. The Morgan fingerprint density at radius 3 is 2.50 bits per heavy atom. The minimum Gasteiger partial charge on any atom is -0.493 e. The van der Waals surface area contributed by atoms with Crippen molar-refractivity contribution in [3.63, 3.8) is 0 Å². The van der Waals surface area contributed by atoms with E-state index in [1.54, 1.807) is 42.6 Å². The predicted molar refractivity (Wildman–Crippen MR) is 110 cm³/mol. The summed E-state index contributed by atoms with van der Waals surface area (Å²) >= 11 is 0. The standard InChI is InChI=1S/C22H19F3N2O5/c1-30-18-7-5-15(10-19(18)31-13-21(28)29)16-6-8-20(27-12-16)26-11-14-3-2-4-17(9-14)32-22(23,24)25/h2-10,12H,11,13H2,1H3,(H,26,27)(H,28,29). The average Bonchev–Trinajstić information content (AvgIpc) is 2.75. The number of ether oxygens (including phenoxy) is 3. The number of carboxylic acids is 1. The maximum Gasteiger partial charge on any atom is 0.573 e. The molecule has 0 radical (unpaired) electrons. The molecule has 0 spiro atoms. The number of nitrogens with zero attached hydrogens (tertiary/aromatic N) is 1. The molecule has 0 saturated carbocycles. The molecule has 0 unspecified atom stereocenters. The van der Waals surface area contributed by atoms with E-state index in [0.29, 0.717) is 17.1 Å². The van der Waals surface area contributed by atoms with Gasteiger partial charge in [0.1, 0.15) is 11.6 Å². The highest BCUT2D eigenvalue weighted by atomic mass is 19.4. The summed E-state index contributed by atoms with van der Waals surface area (Å²) in [4.78, 5) is 15.1. The lowest BCUT2D eigenvalue weighted by Gasteiger charge is -2.12. The fraction of sp³-hybridized carbons (Fsp3) is 0.182. The van der Waals surface area contributed by atoms with E-state index in [4.69, 9.17) is 14.6 Å². The van der Waals surface area contributed by atoms with E-state index in [1.807, 2.05) is 0 Å². The third-order valence-electron chi connectivity index (χ3n) is 4.22. The van der Waals surface area contributed by atoms with Crippen molar-refractivity contribution in [1.29, 1.82) is 0 Å². The van der Waals surface area contributed by atoms with Crippen LogP contribution in [0.1, 0.15) is 5.56 Å². The quantitative estimate of drug-likeness (QED) is 0.489. The molecule has 0 aliphatic carbocycles. The summed E-state index contributed by atoms with van der Waals surface area (Å²) in [6, 6.07) is 14.3. The monoisotopic (exact) mass is 448 g/mol. The van der Waals surface area contributed by atoms with E-state index in [0.717, 1.165) is 11.1 Å². The zero-order valence-corrected chi connectivity index (χ0v) is 16.8. The fourth-order valence-corrected chi connectivity index (χ4v) is 2.82. The number of hydrogen-bond acceptors (Lipinski definition) is 6. The molecule has 1 aromatic heterocycles. The van der Waals surface area contributed by atoms with Crippen LogP contribution >= 0.6 is 0 Å². The topological polar surface area (TPSA) is 89.9 Å². The van der Waals surface area contributed by atoms with E-state index in [1.165, 1.54) is 25.3 Å². The molecular weight excluding hydrogens is 429 g/mol. The third-order valence-corrected chi connectivity index (χ3v) is 4.22. The summed E-state index contributed by atoms with van der Waals surface area (Å²) in [7, 11) is 1.45. The maximum absolute atomic E-state index is 12.4. The summed E-state index contributed by atoms with van der Waals surface area (Å²) in [5, 5.41) is 11.8. The first-order valence-electron chi connectivity index (χ1n) is 9.31. The van der Waals surface area contributed by atoms with E-state index in [-0.39, 0.29) is 18.0 Å². The first-order valence-corrected chi connectivity index (χ1v) is 9.31. The second-order valence-electron chi connectivity index (χ2n) is 6.53. The van der Waals surface area contributed by atoms with Gasteiger partial charge in [-0.1, -0.05) is 18.2 Å². The van der Waals surface area contributed by atoms with Crippen molar-refractivity contribution in [2.75, 3.05) is 19.0 Å². The Morgan fingerprint density at radius 2 is 1.84 bits per heavy atom. The van der Waals surface area contributed by atoms with E-state index in [2.05, 4.69) is 15.0 Å². The van der Waals surface area contributed by atoms with Gasteiger partial charge >= 0.3 is 12.3 Å². The molecule has 3 rings (SSSR count). The van der Waals surface area contributed by atoms with Gasteiger partial charge in [-0.2, -0.15) is 0 Å². The number of rotatable bonds is 9. The number of aromatic nitrogens is 1. The molecule has 168 valence electrons. The number of alkyl halides is 3. The van der Waals surface area contributed by atoms with Gasteiger partial charge in [0, 0.05) is 18.3 Å². The van der Waals surface area contributed by atoms with E-state index in [9.17, 15) is 18.0 Å². The van der Waals surface area contributed by atoms with Gasteiger partial charge in [0.05, 0.1) is 7.11 Å². The van der Waals surface area contributed by atoms with Crippen LogP contribution in [0.15, 0.2) is 60.8 Å². The predicted octanol–water partition coefficient (Wildman–Crippen LogP) is 4.73. The Hall–Kier alpha value is -3.95. The highest BCUT2D eigenvalue weighted by Crippen LogP contribution is 2.32. The smallest absolute Gasteiger partial charge is 0.493 e. The SMILES string of the molecule is COc1ccc(-c2ccc(NCc3cccc(OC(F)(F)F)c3)nc2)cc1OCC(=O)O. The zero-order valence-electron chi connectivity index (χ0n) is 16.8. The van der Waals surface area contributed by atoms with Crippen LogP contribution in [0.3, 0.4) is 0 Å². The number of halogens is 3. The minimum atomic E-state index is -4.75. The van der Waals surface area contributed by atoms with Crippen molar-refractivity contribution in [3.05, 3.63) is 66.4 Å². The second kappa shape index (κ2) is 9.90. The molecule has 2 N–H and O–H groups in total. The van der Waals surface area contributed by atoms with E-state index < -0.39 is 18.9 Å². The van der Waals surface area contributed by atoms with Gasteiger partial charge in [-0.25, -0.2) is 9.78 Å². The van der Waals surface area contributed by atoms with Crippen molar-refractivity contribution >= 4 is 11.8 Å². The zero-order chi connectivity index (χ0) is 23.1. The lowest BCUT2D eigenvalue weighted by Crippen LogP contribution is -2.17. The van der Waals surface area contributed by atoms with Crippen LogP contribution in [0.25, 0.3) is 11.1 Å². The normalized spacial score (nSPS) is 11.0. The molecule has 32 heavy (non-hydrogen) atoms. The number of carboxylic acid groups (broad SMARTS) is 1. The fourth-order valence-electron chi connectivity index (χ4n) is 2.82. The number of carbonyl (C=O) groups is 1. The van der Waals surface area contributed by atoms with Crippen LogP contribution in [0.2, 0.25) is 0 Å². The molecule has 10 heteroatoms. The Balaban J connectivity index is 1.67. The largest absolute Gasteiger partial charge is 0.573 e. The van der Waals surface area contributed by atoms with Gasteiger partial charge in [-0.3, -0.25) is 0 Å². The molecule has 0 bridgehead atoms. The van der Waals surface area contributed by atoms with Crippen LogP contribution < -0.4 is 19.5 Å². The molecule has 0 aliphatic heterocycles. The molecule has 0 amide bonds. The number of benzene rings is 2. The molecule has 0 aliphatic rings. The van der Waals surface area contributed by atoms with Crippen LogP contribution in [-0.4, -0.2) is 36.1 Å². The highest BCUT2D eigenvalue weighted by molar-refractivity contribution is 5.70. The van der Waals surface area contributed by atoms with Gasteiger partial charge in [0.15, 0.2) is 18.1 Å². The van der Waals surface area contributed by atoms with Crippen LogP contribution in [0.4, 0.5) is 19.0 Å². The van der Waals surface area contributed by atoms with Gasteiger partial charge in [-0.05, 0) is 47.5 Å². The van der Waals surface area contributed by atoms with Crippen LogP contribution in [-0.2, 0) is 11.3 Å². The van der Waals surface area contributed by atoms with Gasteiger partial charge in [-0.15, -0.1) is 13.2 Å². The number of hydrogen-bond donors (Lipinski definition) is 2. The highest BCUT2D eigenvalue weighted by Gasteiger charge is 2.31. The van der Waals surface area contributed by atoms with Gasteiger partial charge < -0.3 is 24.6 Å². The van der Waals surface area contributed by atoms with Crippen molar-refractivity contribution in [3.8, 4) is 28.4 Å². The number of nitrogens with one attached hydrogen (secondary N) is 1. The Morgan fingerprint density at radius 1 is 1.06 bits per heavy atom. The summed E-state index contributed by atoms with van der Waals surface area (Å²) < 4.78 is 51.4. The van der Waals surface area contributed by atoms with Gasteiger partial charge in [0.25, 0.3) is 0 Å². The Bertz CT molecular complexity index is 1070. The molecule has 0 saturated heterocycles. The Labute approximate surface area is 181 Å². The van der Waals surface area contributed by atoms with Crippen molar-refractivity contribution in [1.82, 2.24) is 4.98 Å². The second-order valence-corrected chi connectivity index (χ2v) is 6.53. The van der Waals surface area contributed by atoms with E-state index >= 15 is 0 Å². The summed E-state index contributed by atoms with van der Waals surface area (Å²) in [5.41, 5.74) is 2.08. The molecular formula is C22H19F3N2O5. The Kier molecular flexibility index (Phi) is 7.04. The third kappa shape index (κ3) is 6.53. The maximum atomic E-state index is 12.4. The van der Waals surface area contributed by atoms with Gasteiger partial charge in [0.2, 0.25) is 0 Å². The molecule has 0 fully saturated rings. The summed E-state index contributed by atoms with van der Waals surface area (Å²) in [5.74, 6) is -0.189. The number of methoxy groups -OCH3 is 1. The minimum absolute atomic E-state index is 0.247. The lowest BCUT2D eigenvalue weighted by atomic mass is 10.1. The molecule has 0 atom stereocenters. The van der Waals surface area contributed by atoms with Crippen LogP contribution in [0.5, 0.6) is 17.2 Å². The molecule has 1 heterocycles. The van der Waals surface area contributed by atoms with Crippen LogP contribution in [0, 0.1) is 0 Å². The molecule has 2 aromatic carbocycles. The van der Waals surface area contributed by atoms with Crippen molar-refractivity contribution in [2.24, 2.45) is 0 Å². The number of anilines is 1. The molecule has 7 nitrogen and oxygen atoms in total.